The normalized spacial score (nSPS) is 18.4. The maximum absolute atomic E-state index is 12.1. The van der Waals surface area contributed by atoms with Crippen LogP contribution in [0.5, 0.6) is 0 Å². The molecule has 114 valence electrons. The van der Waals surface area contributed by atoms with E-state index in [1.165, 1.54) is 0 Å². The van der Waals surface area contributed by atoms with Crippen LogP contribution in [0, 0.1) is 5.92 Å². The monoisotopic (exact) mass is 301 g/mol. The Hall–Kier alpha value is -0.960. The predicted molar refractivity (Wildman–Crippen MR) is 77.4 cm³/mol. The molecule has 0 spiro atoms. The second kappa shape index (κ2) is 7.16. The van der Waals surface area contributed by atoms with Gasteiger partial charge in [-0.25, -0.2) is 9.71 Å². The third kappa shape index (κ3) is 4.27. The van der Waals surface area contributed by atoms with Crippen LogP contribution in [0.2, 0.25) is 0 Å². The largest absolute Gasteiger partial charge is 0.349 e. The van der Waals surface area contributed by atoms with Crippen molar-refractivity contribution in [2.75, 3.05) is 33.2 Å². The van der Waals surface area contributed by atoms with Crippen LogP contribution in [0.15, 0.2) is 12.4 Å². The van der Waals surface area contributed by atoms with E-state index >= 15 is 0 Å². The Morgan fingerprint density at radius 1 is 1.45 bits per heavy atom. The van der Waals surface area contributed by atoms with E-state index in [0.717, 1.165) is 25.2 Å². The van der Waals surface area contributed by atoms with E-state index in [4.69, 9.17) is 0 Å². The van der Waals surface area contributed by atoms with Gasteiger partial charge in [-0.3, -0.25) is 0 Å². The zero-order valence-corrected chi connectivity index (χ0v) is 12.6. The molecule has 0 aromatic carbocycles. The Balaban J connectivity index is 1.76. The average Bonchev–Trinajstić information content (AvgIpc) is 2.93. The Morgan fingerprint density at radius 3 is 2.80 bits per heavy atom. The van der Waals surface area contributed by atoms with Crippen LogP contribution in [0.4, 0.5) is 0 Å². The highest BCUT2D eigenvalue weighted by Crippen LogP contribution is 2.18. The van der Waals surface area contributed by atoms with Crippen LogP contribution in [0.1, 0.15) is 18.7 Å². The number of rotatable bonds is 7. The standard InChI is InChI=1S/C12H23N5O2S/c1-13-10-11-3-8-17(9-4-11)20(18,19)16-5-2-12-14-6-7-15-12/h6-7,11,13,16H,2-5,8-10H2,1H3,(H,14,15). The molecule has 1 aliphatic heterocycles. The van der Waals surface area contributed by atoms with Crippen molar-refractivity contribution in [2.24, 2.45) is 5.92 Å². The minimum Gasteiger partial charge on any atom is -0.349 e. The summed E-state index contributed by atoms with van der Waals surface area (Å²) in [6.07, 6.45) is 5.80. The predicted octanol–water partition coefficient (Wildman–Crippen LogP) is -0.282. The molecule has 0 atom stereocenters. The molecular formula is C12H23N5O2S. The molecular weight excluding hydrogens is 278 g/mol. The van der Waals surface area contributed by atoms with E-state index in [-0.39, 0.29) is 0 Å². The van der Waals surface area contributed by atoms with E-state index in [0.29, 0.717) is 32.0 Å². The third-order valence-corrected chi connectivity index (χ3v) is 5.22. The molecule has 3 N–H and O–H groups in total. The van der Waals surface area contributed by atoms with Gasteiger partial charge in [0.05, 0.1) is 0 Å². The Bertz CT molecular complexity index is 480. The first-order chi connectivity index (χ1) is 9.62. The van der Waals surface area contributed by atoms with Gasteiger partial charge >= 0.3 is 0 Å². The fourth-order valence-electron chi connectivity index (χ4n) is 2.47. The van der Waals surface area contributed by atoms with Gasteiger partial charge in [-0.05, 0) is 32.4 Å². The van der Waals surface area contributed by atoms with E-state index in [9.17, 15) is 8.42 Å². The first kappa shape index (κ1) is 15.4. The number of imidazole rings is 1. The smallest absolute Gasteiger partial charge is 0.279 e. The number of H-pyrrole nitrogens is 1. The van der Waals surface area contributed by atoms with Crippen LogP contribution in [-0.2, 0) is 16.6 Å². The SMILES string of the molecule is CNCC1CCN(S(=O)(=O)NCCc2ncc[nH]2)CC1. The van der Waals surface area contributed by atoms with Gasteiger partial charge in [0.2, 0.25) is 0 Å². The average molecular weight is 301 g/mol. The van der Waals surface area contributed by atoms with Crippen LogP contribution >= 0.6 is 0 Å². The van der Waals surface area contributed by atoms with Gasteiger partial charge in [0, 0.05) is 38.4 Å². The Labute approximate surface area is 120 Å². The number of nitrogens with zero attached hydrogens (tertiary/aromatic N) is 2. The second-order valence-electron chi connectivity index (χ2n) is 5.09. The van der Waals surface area contributed by atoms with Crippen molar-refractivity contribution >= 4 is 10.2 Å². The second-order valence-corrected chi connectivity index (χ2v) is 6.84. The molecule has 2 heterocycles. The summed E-state index contributed by atoms with van der Waals surface area (Å²) in [6, 6.07) is 0. The first-order valence-corrected chi connectivity index (χ1v) is 8.43. The van der Waals surface area contributed by atoms with Gasteiger partial charge in [0.1, 0.15) is 5.82 Å². The van der Waals surface area contributed by atoms with Crippen LogP contribution in [0.25, 0.3) is 0 Å². The Morgan fingerprint density at radius 2 is 2.20 bits per heavy atom. The third-order valence-electron chi connectivity index (χ3n) is 3.61. The lowest BCUT2D eigenvalue weighted by atomic mass is 9.98. The van der Waals surface area contributed by atoms with Gasteiger partial charge in [0.15, 0.2) is 0 Å². The summed E-state index contributed by atoms with van der Waals surface area (Å²) in [4.78, 5) is 7.02. The molecule has 0 saturated carbocycles. The van der Waals surface area contributed by atoms with Gasteiger partial charge < -0.3 is 10.3 Å². The summed E-state index contributed by atoms with van der Waals surface area (Å²) in [5, 5.41) is 3.15. The fraction of sp³-hybridized carbons (Fsp3) is 0.750. The number of hydrogen-bond donors (Lipinski definition) is 3. The molecule has 2 rings (SSSR count). The maximum Gasteiger partial charge on any atom is 0.279 e. The molecule has 0 amide bonds. The van der Waals surface area contributed by atoms with E-state index in [1.54, 1.807) is 16.7 Å². The molecule has 1 aromatic heterocycles. The molecule has 1 aromatic rings. The zero-order chi connectivity index (χ0) is 14.4. The highest BCUT2D eigenvalue weighted by molar-refractivity contribution is 7.87. The molecule has 0 aliphatic carbocycles. The molecule has 1 aliphatic rings. The summed E-state index contributed by atoms with van der Waals surface area (Å²) in [6.45, 7) is 2.52. The number of hydrogen-bond acceptors (Lipinski definition) is 4. The fourth-order valence-corrected chi connectivity index (χ4v) is 3.70. The Kier molecular flexibility index (Phi) is 5.53. The van der Waals surface area contributed by atoms with Crippen molar-refractivity contribution in [1.82, 2.24) is 24.3 Å². The van der Waals surface area contributed by atoms with Gasteiger partial charge in [0.25, 0.3) is 10.2 Å². The number of aromatic nitrogens is 2. The minimum absolute atomic E-state index is 0.367. The number of piperidine rings is 1. The van der Waals surface area contributed by atoms with Crippen molar-refractivity contribution in [3.8, 4) is 0 Å². The van der Waals surface area contributed by atoms with E-state index < -0.39 is 10.2 Å². The van der Waals surface area contributed by atoms with Crippen LogP contribution in [-0.4, -0.2) is 55.9 Å². The lowest BCUT2D eigenvalue weighted by molar-refractivity contribution is 0.268. The molecule has 8 heteroatoms. The molecule has 0 radical (unpaired) electrons. The molecule has 7 nitrogen and oxygen atoms in total. The highest BCUT2D eigenvalue weighted by Gasteiger charge is 2.27. The summed E-state index contributed by atoms with van der Waals surface area (Å²) >= 11 is 0. The number of nitrogens with one attached hydrogen (secondary N) is 3. The summed E-state index contributed by atoms with van der Waals surface area (Å²) in [5.41, 5.74) is 0. The highest BCUT2D eigenvalue weighted by atomic mass is 32.2. The molecule has 1 saturated heterocycles. The lowest BCUT2D eigenvalue weighted by Gasteiger charge is -2.31. The first-order valence-electron chi connectivity index (χ1n) is 6.99. The van der Waals surface area contributed by atoms with E-state index in [1.807, 2.05) is 7.05 Å². The van der Waals surface area contributed by atoms with E-state index in [2.05, 4.69) is 20.0 Å². The van der Waals surface area contributed by atoms with Crippen molar-refractivity contribution in [3.05, 3.63) is 18.2 Å². The maximum atomic E-state index is 12.1. The molecule has 20 heavy (non-hydrogen) atoms. The molecule has 1 fully saturated rings. The lowest BCUT2D eigenvalue weighted by Crippen LogP contribution is -2.46. The molecule has 0 unspecified atom stereocenters. The van der Waals surface area contributed by atoms with Gasteiger partial charge in [-0.1, -0.05) is 0 Å². The van der Waals surface area contributed by atoms with Crippen LogP contribution < -0.4 is 10.0 Å². The van der Waals surface area contributed by atoms with Crippen molar-refractivity contribution in [2.45, 2.75) is 19.3 Å². The molecule has 0 bridgehead atoms. The van der Waals surface area contributed by atoms with Gasteiger partial charge in [-0.15, -0.1) is 0 Å². The quantitative estimate of drug-likeness (QED) is 0.646. The minimum atomic E-state index is -3.35. The summed E-state index contributed by atoms with van der Waals surface area (Å²) in [7, 11) is -1.42. The van der Waals surface area contributed by atoms with Gasteiger partial charge in [-0.2, -0.15) is 12.7 Å². The topological polar surface area (TPSA) is 90.1 Å². The zero-order valence-electron chi connectivity index (χ0n) is 11.8. The number of aromatic amines is 1. The van der Waals surface area contributed by atoms with Crippen LogP contribution in [0.3, 0.4) is 0 Å². The van der Waals surface area contributed by atoms with Crippen molar-refractivity contribution in [1.29, 1.82) is 0 Å². The summed E-state index contributed by atoms with van der Waals surface area (Å²) < 4.78 is 28.5. The summed E-state index contributed by atoms with van der Waals surface area (Å²) in [5.74, 6) is 1.37. The van der Waals surface area contributed by atoms with Crippen molar-refractivity contribution in [3.63, 3.8) is 0 Å². The van der Waals surface area contributed by atoms with Crippen molar-refractivity contribution < 1.29 is 8.42 Å².